The number of ether oxygens (including phenoxy) is 4. The Bertz CT molecular complexity index is 1480. The molecule has 6 heteroatoms. The van der Waals surface area contributed by atoms with Crippen molar-refractivity contribution in [1.29, 1.82) is 0 Å². The first-order valence-corrected chi connectivity index (χ1v) is 15.9. The molecule has 0 atom stereocenters. The molecule has 0 aliphatic carbocycles. The van der Waals surface area contributed by atoms with Gasteiger partial charge in [0.2, 0.25) is 0 Å². The molecular formula is C40H40Cl2O4. The van der Waals surface area contributed by atoms with Gasteiger partial charge in [0.25, 0.3) is 0 Å². The third-order valence-electron chi connectivity index (χ3n) is 7.27. The van der Waals surface area contributed by atoms with E-state index in [9.17, 15) is 0 Å². The second-order valence-electron chi connectivity index (χ2n) is 10.5. The highest BCUT2D eigenvalue weighted by atomic mass is 35.5. The number of benzene rings is 5. The minimum absolute atomic E-state index is 0. The van der Waals surface area contributed by atoms with Gasteiger partial charge in [0.05, 0.1) is 26.4 Å². The van der Waals surface area contributed by atoms with Crippen molar-refractivity contribution in [3.63, 3.8) is 0 Å². The van der Waals surface area contributed by atoms with Crippen molar-refractivity contribution < 1.29 is 18.9 Å². The Balaban J connectivity index is 0.00000480. The molecule has 0 aromatic heterocycles. The van der Waals surface area contributed by atoms with Gasteiger partial charge in [0, 0.05) is 5.88 Å². The summed E-state index contributed by atoms with van der Waals surface area (Å²) >= 11 is 6.36. The maximum Gasteiger partial charge on any atom is 0.119 e. The predicted octanol–water partition coefficient (Wildman–Crippen LogP) is 9.89. The highest BCUT2D eigenvalue weighted by molar-refractivity contribution is 6.18. The van der Waals surface area contributed by atoms with E-state index < -0.39 is 0 Å². The lowest BCUT2D eigenvalue weighted by Crippen LogP contribution is -2.07. The lowest BCUT2D eigenvalue weighted by molar-refractivity contribution is 0.0889. The molecule has 46 heavy (non-hydrogen) atoms. The number of halogens is 2. The SMILES string of the molecule is Cl.ClCCC(=C(c1ccc(OCCOCc2ccccc2)cc1)c1ccc(OCCOCc2ccccc2)cc1)c1ccccc1. The van der Waals surface area contributed by atoms with E-state index >= 15 is 0 Å². The summed E-state index contributed by atoms with van der Waals surface area (Å²) < 4.78 is 23.5. The smallest absolute Gasteiger partial charge is 0.119 e. The number of hydrogen-bond acceptors (Lipinski definition) is 4. The van der Waals surface area contributed by atoms with Crippen molar-refractivity contribution >= 4 is 35.2 Å². The molecule has 5 aromatic rings. The molecule has 0 bridgehead atoms. The fourth-order valence-electron chi connectivity index (χ4n) is 5.06. The van der Waals surface area contributed by atoms with Gasteiger partial charge >= 0.3 is 0 Å². The first kappa shape index (κ1) is 34.8. The molecule has 4 nitrogen and oxygen atoms in total. The first-order chi connectivity index (χ1) is 22.3. The van der Waals surface area contributed by atoms with Gasteiger partial charge < -0.3 is 18.9 Å². The van der Waals surface area contributed by atoms with Gasteiger partial charge in [-0.3, -0.25) is 0 Å². The largest absolute Gasteiger partial charge is 0.491 e. The normalized spacial score (nSPS) is 10.5. The van der Waals surface area contributed by atoms with E-state index in [0.717, 1.165) is 51.3 Å². The Labute approximate surface area is 284 Å². The fourth-order valence-corrected chi connectivity index (χ4v) is 5.25. The van der Waals surface area contributed by atoms with Crippen molar-refractivity contribution in [2.45, 2.75) is 19.6 Å². The molecule has 0 unspecified atom stereocenters. The summed E-state index contributed by atoms with van der Waals surface area (Å²) in [6, 6.07) is 47.3. The van der Waals surface area contributed by atoms with E-state index in [-0.39, 0.29) is 12.4 Å². The van der Waals surface area contributed by atoms with Crippen molar-refractivity contribution in [3.8, 4) is 11.5 Å². The molecule has 0 fully saturated rings. The van der Waals surface area contributed by atoms with Gasteiger partial charge in [-0.2, -0.15) is 0 Å². The van der Waals surface area contributed by atoms with Crippen LogP contribution in [0, 0.1) is 0 Å². The molecule has 0 aliphatic rings. The molecule has 5 rings (SSSR count). The molecule has 0 aliphatic heterocycles. The minimum Gasteiger partial charge on any atom is -0.491 e. The van der Waals surface area contributed by atoms with Crippen LogP contribution in [0.3, 0.4) is 0 Å². The van der Waals surface area contributed by atoms with Crippen LogP contribution in [0.4, 0.5) is 0 Å². The zero-order chi connectivity index (χ0) is 30.9. The first-order valence-electron chi connectivity index (χ1n) is 15.3. The number of alkyl halides is 1. The van der Waals surface area contributed by atoms with Crippen LogP contribution in [-0.4, -0.2) is 32.3 Å². The molecule has 0 N–H and O–H groups in total. The maximum atomic E-state index is 6.36. The molecule has 0 heterocycles. The Morgan fingerprint density at radius 2 is 0.870 bits per heavy atom. The summed E-state index contributed by atoms with van der Waals surface area (Å²) in [5, 5.41) is 0. The topological polar surface area (TPSA) is 36.9 Å². The second kappa shape index (κ2) is 19.5. The summed E-state index contributed by atoms with van der Waals surface area (Å²) in [5.74, 6) is 2.12. The van der Waals surface area contributed by atoms with Crippen LogP contribution in [0.1, 0.15) is 34.2 Å². The van der Waals surface area contributed by atoms with Crippen molar-refractivity contribution in [1.82, 2.24) is 0 Å². The average Bonchev–Trinajstić information content (AvgIpc) is 3.10. The lowest BCUT2D eigenvalue weighted by atomic mass is 9.88. The lowest BCUT2D eigenvalue weighted by Gasteiger charge is -2.18. The average molecular weight is 656 g/mol. The third kappa shape index (κ3) is 10.8. The van der Waals surface area contributed by atoms with Crippen molar-refractivity contribution in [2.75, 3.05) is 32.3 Å². The highest BCUT2D eigenvalue weighted by Crippen LogP contribution is 2.36. The minimum atomic E-state index is 0. The molecule has 0 radical (unpaired) electrons. The van der Waals surface area contributed by atoms with Gasteiger partial charge in [0.1, 0.15) is 24.7 Å². The second-order valence-corrected chi connectivity index (χ2v) is 10.9. The molecule has 0 saturated carbocycles. The Morgan fingerprint density at radius 3 is 1.28 bits per heavy atom. The maximum absolute atomic E-state index is 6.36. The molecular weight excluding hydrogens is 615 g/mol. The van der Waals surface area contributed by atoms with E-state index in [1.807, 2.05) is 66.7 Å². The summed E-state index contributed by atoms with van der Waals surface area (Å²) in [7, 11) is 0. The van der Waals surface area contributed by atoms with Crippen molar-refractivity contribution in [3.05, 3.63) is 167 Å². The summed E-state index contributed by atoms with van der Waals surface area (Å²) in [6.07, 6.45) is 0.731. The van der Waals surface area contributed by atoms with Crippen LogP contribution in [0.25, 0.3) is 11.1 Å². The van der Waals surface area contributed by atoms with E-state index in [1.54, 1.807) is 0 Å². The van der Waals surface area contributed by atoms with E-state index in [0.29, 0.717) is 45.5 Å². The zero-order valence-corrected chi connectivity index (χ0v) is 27.4. The fraction of sp³-hybridized carbons (Fsp3) is 0.200. The zero-order valence-electron chi connectivity index (χ0n) is 25.9. The van der Waals surface area contributed by atoms with Gasteiger partial charge in [-0.05, 0) is 69.6 Å². The summed E-state index contributed by atoms with van der Waals surface area (Å²) in [4.78, 5) is 0. The highest BCUT2D eigenvalue weighted by Gasteiger charge is 2.15. The van der Waals surface area contributed by atoms with Crippen LogP contribution in [0.2, 0.25) is 0 Å². The van der Waals surface area contributed by atoms with Crippen molar-refractivity contribution in [2.24, 2.45) is 0 Å². The van der Waals surface area contributed by atoms with Crippen LogP contribution < -0.4 is 9.47 Å². The van der Waals surface area contributed by atoms with Crippen LogP contribution in [0.5, 0.6) is 11.5 Å². The quantitative estimate of drug-likeness (QED) is 0.0568. The molecule has 0 spiro atoms. The van der Waals surface area contributed by atoms with Gasteiger partial charge in [-0.1, -0.05) is 115 Å². The summed E-state index contributed by atoms with van der Waals surface area (Å²) in [6.45, 7) is 3.15. The van der Waals surface area contributed by atoms with E-state index in [1.165, 1.54) is 5.57 Å². The summed E-state index contributed by atoms with van der Waals surface area (Å²) in [5.41, 5.74) is 7.97. The number of hydrogen-bond donors (Lipinski definition) is 0. The number of allylic oxidation sites excluding steroid dienone is 1. The third-order valence-corrected chi connectivity index (χ3v) is 7.46. The molecule has 5 aromatic carbocycles. The van der Waals surface area contributed by atoms with Crippen LogP contribution >= 0.6 is 24.0 Å². The predicted molar refractivity (Wildman–Crippen MR) is 191 cm³/mol. The van der Waals surface area contributed by atoms with Crippen LogP contribution in [-0.2, 0) is 22.7 Å². The Kier molecular flexibility index (Phi) is 14.7. The molecule has 0 amide bonds. The Hall–Kier alpha value is -4.06. The Morgan fingerprint density at radius 1 is 0.457 bits per heavy atom. The van der Waals surface area contributed by atoms with Gasteiger partial charge in [-0.15, -0.1) is 24.0 Å². The standard InChI is InChI=1S/C40H39ClO4.ClH/c41-25-24-39(34-14-8-3-9-15-34)40(35-16-20-37(21-17-35)44-28-26-42-30-32-10-4-1-5-11-32)36-18-22-38(23-19-36)45-29-27-43-31-33-12-6-2-7-13-33;/h1-23H,24-31H2;1H. The van der Waals surface area contributed by atoms with E-state index in [4.69, 9.17) is 30.5 Å². The monoisotopic (exact) mass is 654 g/mol. The molecule has 238 valence electrons. The van der Waals surface area contributed by atoms with Gasteiger partial charge in [0.15, 0.2) is 0 Å². The van der Waals surface area contributed by atoms with Crippen LogP contribution in [0.15, 0.2) is 140 Å². The van der Waals surface area contributed by atoms with Gasteiger partial charge in [-0.25, -0.2) is 0 Å². The molecule has 0 saturated heterocycles. The number of rotatable bonds is 17. The van der Waals surface area contributed by atoms with E-state index in [2.05, 4.69) is 72.8 Å².